The quantitative estimate of drug-likeness (QED) is 0.355. The number of piperazine rings is 1. The van der Waals surface area contributed by atoms with Crippen molar-refractivity contribution >= 4 is 56.7 Å². The largest absolute Gasteiger partial charge is 0.425 e. The number of rotatable bonds is 7. The first-order valence-corrected chi connectivity index (χ1v) is 15.4. The standard InChI is InChI=1S/C31H40ClN5O3S/c1-20(40-29(39)33-31(5,6)30(2,3)4)37-25-19-24(32)21(17-22(25)18-27(37)38)11-12-35-13-15-36(16-14-35)28-23-9-7-8-10-26(23)41-34-28/h7-10,17,19-20H,11-16,18H2,1-6H3,(H,33,39). The van der Waals surface area contributed by atoms with E-state index in [1.54, 1.807) is 18.5 Å². The third-order valence-corrected chi connectivity index (χ3v) is 9.94. The van der Waals surface area contributed by atoms with Gasteiger partial charge in [-0.25, -0.2) is 4.79 Å². The Morgan fingerprint density at radius 1 is 1.12 bits per heavy atom. The third kappa shape index (κ3) is 6.17. The van der Waals surface area contributed by atoms with Gasteiger partial charge < -0.3 is 15.0 Å². The first-order chi connectivity index (χ1) is 19.3. The first kappa shape index (κ1) is 29.6. The number of alkyl carbamates (subject to hydrolysis) is 1. The van der Waals surface area contributed by atoms with Gasteiger partial charge in [-0.1, -0.05) is 50.6 Å². The average molecular weight is 598 g/mol. The number of aromatic nitrogens is 1. The van der Waals surface area contributed by atoms with Crippen LogP contribution in [0.4, 0.5) is 16.3 Å². The monoisotopic (exact) mass is 597 g/mol. The van der Waals surface area contributed by atoms with Crippen molar-refractivity contribution in [3.8, 4) is 0 Å². The van der Waals surface area contributed by atoms with Crippen molar-refractivity contribution < 1.29 is 14.3 Å². The predicted octanol–water partition coefficient (Wildman–Crippen LogP) is 6.10. The van der Waals surface area contributed by atoms with E-state index in [9.17, 15) is 9.59 Å². The highest BCUT2D eigenvalue weighted by Crippen LogP contribution is 2.36. The molecule has 0 bridgehead atoms. The number of carbonyl (C=O) groups excluding carboxylic acids is 2. The van der Waals surface area contributed by atoms with Crippen LogP contribution in [-0.2, 0) is 22.4 Å². The second kappa shape index (κ2) is 11.4. The molecule has 1 saturated heterocycles. The molecule has 2 amide bonds. The zero-order chi connectivity index (χ0) is 29.5. The Labute approximate surface area is 251 Å². The maximum absolute atomic E-state index is 13.0. The number of hydrogen-bond acceptors (Lipinski definition) is 7. The van der Waals surface area contributed by atoms with Gasteiger partial charge in [-0.2, -0.15) is 4.37 Å². The Kier molecular flexibility index (Phi) is 8.25. The van der Waals surface area contributed by atoms with Gasteiger partial charge in [0.1, 0.15) is 5.82 Å². The molecule has 1 fully saturated rings. The zero-order valence-electron chi connectivity index (χ0n) is 24.8. The Balaban J connectivity index is 1.18. The molecule has 1 atom stereocenters. The number of halogens is 1. The lowest BCUT2D eigenvalue weighted by molar-refractivity contribution is -0.119. The minimum absolute atomic E-state index is 0.103. The first-order valence-electron chi connectivity index (χ1n) is 14.3. The van der Waals surface area contributed by atoms with Crippen molar-refractivity contribution in [2.24, 2.45) is 5.41 Å². The van der Waals surface area contributed by atoms with Gasteiger partial charge in [-0.15, -0.1) is 0 Å². The van der Waals surface area contributed by atoms with E-state index in [1.807, 2.05) is 26.0 Å². The van der Waals surface area contributed by atoms with Crippen molar-refractivity contribution in [2.75, 3.05) is 42.5 Å². The second-order valence-corrected chi connectivity index (χ2v) is 13.8. The number of anilines is 2. The van der Waals surface area contributed by atoms with Gasteiger partial charge in [0.15, 0.2) is 6.23 Å². The van der Waals surface area contributed by atoms with E-state index in [0.717, 1.165) is 56.1 Å². The van der Waals surface area contributed by atoms with Gasteiger partial charge in [0.25, 0.3) is 0 Å². The average Bonchev–Trinajstić information content (AvgIpc) is 3.46. The number of fused-ring (bicyclic) bond motifs is 2. The fourth-order valence-corrected chi connectivity index (χ4v) is 6.29. The van der Waals surface area contributed by atoms with Crippen LogP contribution < -0.4 is 15.1 Å². The van der Waals surface area contributed by atoms with Crippen molar-refractivity contribution in [1.29, 1.82) is 0 Å². The summed E-state index contributed by atoms with van der Waals surface area (Å²) in [7, 11) is 0. The molecule has 0 aliphatic carbocycles. The van der Waals surface area contributed by atoms with Crippen LogP contribution in [0.5, 0.6) is 0 Å². The molecule has 3 heterocycles. The lowest BCUT2D eigenvalue weighted by Gasteiger charge is -2.39. The molecule has 8 nitrogen and oxygen atoms in total. The summed E-state index contributed by atoms with van der Waals surface area (Å²) in [4.78, 5) is 32.1. The van der Waals surface area contributed by atoms with Crippen LogP contribution in [0.15, 0.2) is 36.4 Å². The third-order valence-electron chi connectivity index (χ3n) is 8.78. The number of carbonyl (C=O) groups is 2. The van der Waals surface area contributed by atoms with E-state index < -0.39 is 17.9 Å². The van der Waals surface area contributed by atoms with Crippen LogP contribution in [0.25, 0.3) is 10.1 Å². The van der Waals surface area contributed by atoms with E-state index >= 15 is 0 Å². The Morgan fingerprint density at radius 2 is 1.83 bits per heavy atom. The van der Waals surface area contributed by atoms with Crippen molar-refractivity contribution in [1.82, 2.24) is 14.6 Å². The minimum atomic E-state index is -0.757. The van der Waals surface area contributed by atoms with E-state index in [1.165, 1.54) is 15.0 Å². The number of ether oxygens (including phenoxy) is 1. The van der Waals surface area contributed by atoms with E-state index in [2.05, 4.69) is 60.2 Å². The predicted molar refractivity (Wildman–Crippen MR) is 167 cm³/mol. The number of hydrogen-bond donors (Lipinski definition) is 1. The van der Waals surface area contributed by atoms with Gasteiger partial charge in [0, 0.05) is 48.7 Å². The fourth-order valence-electron chi connectivity index (χ4n) is 5.24. The van der Waals surface area contributed by atoms with Gasteiger partial charge in [-0.3, -0.25) is 14.6 Å². The van der Waals surface area contributed by atoms with Crippen molar-refractivity contribution in [3.63, 3.8) is 0 Å². The summed E-state index contributed by atoms with van der Waals surface area (Å²) in [5.74, 6) is 0.990. The minimum Gasteiger partial charge on any atom is -0.425 e. The van der Waals surface area contributed by atoms with Crippen LogP contribution in [0, 0.1) is 5.41 Å². The maximum atomic E-state index is 13.0. The Morgan fingerprint density at radius 3 is 2.54 bits per heavy atom. The van der Waals surface area contributed by atoms with Crippen LogP contribution in [0.2, 0.25) is 5.02 Å². The molecular weight excluding hydrogens is 558 g/mol. The van der Waals surface area contributed by atoms with Crippen LogP contribution in [0.1, 0.15) is 52.7 Å². The maximum Gasteiger partial charge on any atom is 0.409 e. The summed E-state index contributed by atoms with van der Waals surface area (Å²) in [6.07, 6.45) is -0.240. The highest BCUT2D eigenvalue weighted by molar-refractivity contribution is 7.13. The molecule has 41 heavy (non-hydrogen) atoms. The summed E-state index contributed by atoms with van der Waals surface area (Å²) in [6.45, 7) is 16.5. The van der Waals surface area contributed by atoms with Gasteiger partial charge in [0.05, 0.1) is 16.8 Å². The Hall–Kier alpha value is -2.88. The van der Waals surface area contributed by atoms with E-state index in [-0.39, 0.29) is 17.7 Å². The number of nitrogens with zero attached hydrogens (tertiary/aromatic N) is 4. The molecule has 2 aromatic carbocycles. The molecule has 10 heteroatoms. The summed E-state index contributed by atoms with van der Waals surface area (Å²) >= 11 is 8.30. The lowest BCUT2D eigenvalue weighted by atomic mass is 9.76. The lowest BCUT2D eigenvalue weighted by Crippen LogP contribution is -2.54. The summed E-state index contributed by atoms with van der Waals surface area (Å²) < 4.78 is 11.6. The normalized spacial score (nSPS) is 17.2. The zero-order valence-corrected chi connectivity index (χ0v) is 26.4. The SMILES string of the molecule is CC(OC(=O)NC(C)(C)C(C)(C)C)N1C(=O)Cc2cc(CCN3CCN(c4nsc5ccccc45)CC3)c(Cl)cc21. The highest BCUT2D eigenvalue weighted by atomic mass is 35.5. The molecular formula is C31H40ClN5O3S. The molecule has 0 saturated carbocycles. The van der Waals surface area contributed by atoms with Gasteiger partial charge in [0.2, 0.25) is 5.91 Å². The van der Waals surface area contributed by atoms with Crippen LogP contribution in [0.3, 0.4) is 0 Å². The van der Waals surface area contributed by atoms with Gasteiger partial charge in [-0.05, 0) is 73.5 Å². The molecule has 2 aliphatic rings. The van der Waals surface area contributed by atoms with E-state index in [0.29, 0.717) is 10.7 Å². The molecule has 0 spiro atoms. The topological polar surface area (TPSA) is 78.0 Å². The summed E-state index contributed by atoms with van der Waals surface area (Å²) in [6, 6.07) is 12.3. The fraction of sp³-hybridized carbons (Fsp3) is 0.516. The molecule has 1 N–H and O–H groups in total. The Bertz CT molecular complexity index is 1440. The number of nitrogens with one attached hydrogen (secondary N) is 1. The summed E-state index contributed by atoms with van der Waals surface area (Å²) in [5.41, 5.74) is 2.00. The van der Waals surface area contributed by atoms with Crippen LogP contribution in [-0.4, -0.2) is 65.8 Å². The molecule has 5 rings (SSSR count). The molecule has 1 unspecified atom stereocenters. The second-order valence-electron chi connectivity index (χ2n) is 12.6. The molecule has 3 aromatic rings. The van der Waals surface area contributed by atoms with Crippen LogP contribution >= 0.6 is 23.1 Å². The van der Waals surface area contributed by atoms with Crippen molar-refractivity contribution in [3.05, 3.63) is 52.5 Å². The molecule has 220 valence electrons. The number of amides is 2. The molecule has 1 aromatic heterocycles. The molecule has 0 radical (unpaired) electrons. The van der Waals surface area contributed by atoms with Crippen molar-refractivity contribution in [2.45, 2.75) is 66.2 Å². The summed E-state index contributed by atoms with van der Waals surface area (Å²) in [5, 5.41) is 4.80. The van der Waals surface area contributed by atoms with E-state index in [4.69, 9.17) is 20.7 Å². The number of benzene rings is 2. The highest BCUT2D eigenvalue weighted by Gasteiger charge is 2.37. The van der Waals surface area contributed by atoms with Gasteiger partial charge >= 0.3 is 6.09 Å². The smallest absolute Gasteiger partial charge is 0.409 e. The molecule has 2 aliphatic heterocycles.